The Hall–Kier alpha value is -2.74. The molecule has 2 aliphatic heterocycles. The number of hydrogen-bond donors (Lipinski definition) is 0. The molecule has 1 aromatic heterocycles. The summed E-state index contributed by atoms with van der Waals surface area (Å²) >= 11 is 12.7. The lowest BCUT2D eigenvalue weighted by Gasteiger charge is -2.45. The zero-order valence-corrected chi connectivity index (χ0v) is 21.8. The summed E-state index contributed by atoms with van der Waals surface area (Å²) in [5.74, 6) is -1.48. The van der Waals surface area contributed by atoms with Crippen LogP contribution >= 0.6 is 23.2 Å². The van der Waals surface area contributed by atoms with Gasteiger partial charge in [-0.2, -0.15) is 0 Å². The molecule has 0 amide bonds. The van der Waals surface area contributed by atoms with Crippen LogP contribution in [0.25, 0.3) is 5.69 Å². The molecule has 2 aliphatic rings. The number of para-hydroxylation sites is 1. The van der Waals surface area contributed by atoms with Crippen molar-refractivity contribution < 1.29 is 18.1 Å². The number of piperidine rings is 2. The van der Waals surface area contributed by atoms with Crippen molar-refractivity contribution in [2.24, 2.45) is 5.16 Å². The van der Waals surface area contributed by atoms with E-state index in [0.29, 0.717) is 11.3 Å². The first kappa shape index (κ1) is 25.9. The molecular weight excluding hydrogens is 519 g/mol. The molecule has 2 saturated heterocycles. The molecule has 0 aliphatic carbocycles. The van der Waals surface area contributed by atoms with E-state index in [1.54, 1.807) is 18.2 Å². The molecule has 0 N–H and O–H groups in total. The number of benzene rings is 2. The Morgan fingerprint density at radius 2 is 1.65 bits per heavy atom. The van der Waals surface area contributed by atoms with Crippen LogP contribution in [0.3, 0.4) is 0 Å². The maximum Gasteiger partial charge on any atom is 0.255 e. The van der Waals surface area contributed by atoms with E-state index in [4.69, 9.17) is 28.0 Å². The molecule has 0 unspecified atom stereocenters. The highest BCUT2D eigenvalue weighted by atomic mass is 35.5. The summed E-state index contributed by atoms with van der Waals surface area (Å²) in [4.78, 5) is 18.7. The third-order valence-electron chi connectivity index (χ3n) is 7.46. The monoisotopic (exact) mass is 546 g/mol. The van der Waals surface area contributed by atoms with Gasteiger partial charge in [-0.3, -0.25) is 9.36 Å². The first-order chi connectivity index (χ1) is 17.8. The highest BCUT2D eigenvalue weighted by Gasteiger charge is 2.36. The Labute approximate surface area is 224 Å². The molecule has 1 spiro atoms. The minimum absolute atomic E-state index is 0.0622. The quantitative estimate of drug-likeness (QED) is 0.212. The van der Waals surface area contributed by atoms with E-state index in [0.717, 1.165) is 36.5 Å². The molecule has 3 heterocycles. The van der Waals surface area contributed by atoms with Gasteiger partial charge in [-0.1, -0.05) is 34.4 Å². The Morgan fingerprint density at radius 3 is 2.32 bits per heavy atom. The van der Waals surface area contributed by atoms with Gasteiger partial charge in [0.1, 0.15) is 23.5 Å². The van der Waals surface area contributed by atoms with Crippen molar-refractivity contribution in [3.63, 3.8) is 0 Å². The maximum absolute atomic E-state index is 14.9. The summed E-state index contributed by atoms with van der Waals surface area (Å²) in [7, 11) is 0. The fraction of sp³-hybridized carbons (Fsp3) is 0.357. The number of rotatable bonds is 5. The molecule has 5 rings (SSSR count). The molecule has 37 heavy (non-hydrogen) atoms. The average Bonchev–Trinajstić information content (AvgIpc) is 2.88. The number of pyridine rings is 1. The van der Waals surface area contributed by atoms with Crippen LogP contribution in [0.2, 0.25) is 10.0 Å². The predicted octanol–water partition coefficient (Wildman–Crippen LogP) is 6.35. The normalized spacial score (nSPS) is 18.2. The van der Waals surface area contributed by atoms with Crippen molar-refractivity contribution in [2.45, 2.75) is 38.2 Å². The van der Waals surface area contributed by atoms with Gasteiger partial charge in [0.25, 0.3) is 5.56 Å². The van der Waals surface area contributed by atoms with Crippen molar-refractivity contribution >= 4 is 28.9 Å². The van der Waals surface area contributed by atoms with E-state index in [-0.39, 0.29) is 33.0 Å². The van der Waals surface area contributed by atoms with Crippen molar-refractivity contribution in [1.82, 2.24) is 4.57 Å². The van der Waals surface area contributed by atoms with Crippen LogP contribution in [-0.2, 0) is 4.84 Å². The summed E-state index contributed by atoms with van der Waals surface area (Å²) < 4.78 is 31.1. The lowest BCUT2D eigenvalue weighted by atomic mass is 9.99. The first-order valence-corrected chi connectivity index (χ1v) is 13.3. The molecule has 5 nitrogen and oxygen atoms in total. The number of halogens is 4. The van der Waals surface area contributed by atoms with Gasteiger partial charge in [-0.25, -0.2) is 8.78 Å². The van der Waals surface area contributed by atoms with Crippen LogP contribution in [0.1, 0.15) is 43.2 Å². The highest BCUT2D eigenvalue weighted by Crippen LogP contribution is 2.29. The van der Waals surface area contributed by atoms with Gasteiger partial charge in [0.15, 0.2) is 0 Å². The molecule has 0 radical (unpaired) electrons. The fourth-order valence-electron chi connectivity index (χ4n) is 5.41. The summed E-state index contributed by atoms with van der Waals surface area (Å²) in [6.45, 7) is 4.51. The average molecular weight is 547 g/mol. The highest BCUT2D eigenvalue weighted by molar-refractivity contribution is 6.37. The van der Waals surface area contributed by atoms with Crippen molar-refractivity contribution in [1.29, 1.82) is 0 Å². The van der Waals surface area contributed by atoms with Crippen molar-refractivity contribution in [2.75, 3.05) is 26.2 Å². The second-order valence-electron chi connectivity index (χ2n) is 9.86. The minimum atomic E-state index is -0.780. The Morgan fingerprint density at radius 1 is 0.946 bits per heavy atom. The molecular formula is C28H28Cl2F2N3O2+. The number of aromatic nitrogens is 1. The van der Waals surface area contributed by atoms with Gasteiger partial charge in [0, 0.05) is 42.3 Å². The molecule has 2 aromatic carbocycles. The van der Waals surface area contributed by atoms with Gasteiger partial charge in [0.2, 0.25) is 0 Å². The van der Waals surface area contributed by atoms with Gasteiger partial charge in [0.05, 0.1) is 41.9 Å². The summed E-state index contributed by atoms with van der Waals surface area (Å²) in [5, 5.41) is 4.95. The van der Waals surface area contributed by atoms with Gasteiger partial charge in [-0.15, -0.1) is 0 Å². The van der Waals surface area contributed by atoms with Gasteiger partial charge in [-0.05, 0) is 49.6 Å². The Balaban J connectivity index is 1.49. The van der Waals surface area contributed by atoms with Crippen LogP contribution in [0.4, 0.5) is 8.78 Å². The third kappa shape index (κ3) is 5.59. The molecule has 3 aromatic rings. The Kier molecular flexibility index (Phi) is 7.65. The summed E-state index contributed by atoms with van der Waals surface area (Å²) in [6, 6.07) is 11.1. The van der Waals surface area contributed by atoms with Crippen LogP contribution < -0.4 is 5.56 Å². The summed E-state index contributed by atoms with van der Waals surface area (Å²) in [5.41, 5.74) is 0.548. The molecule has 0 atom stereocenters. The van der Waals surface area contributed by atoms with Gasteiger partial charge < -0.3 is 9.32 Å². The number of nitrogens with zero attached hydrogens (tertiary/aromatic N) is 3. The van der Waals surface area contributed by atoms with Crippen molar-refractivity contribution in [3.8, 4) is 5.69 Å². The Bertz CT molecular complexity index is 1360. The third-order valence-corrected chi connectivity index (χ3v) is 8.07. The fourth-order valence-corrected chi connectivity index (χ4v) is 5.99. The van der Waals surface area contributed by atoms with Crippen LogP contribution in [0, 0.1) is 11.6 Å². The van der Waals surface area contributed by atoms with E-state index in [9.17, 15) is 13.6 Å². The number of quaternary nitrogens is 1. The van der Waals surface area contributed by atoms with E-state index in [1.807, 2.05) is 0 Å². The molecule has 9 heteroatoms. The first-order valence-electron chi connectivity index (χ1n) is 12.6. The smallest absolute Gasteiger partial charge is 0.255 e. The number of hydrogen-bond acceptors (Lipinski definition) is 3. The lowest BCUT2D eigenvalue weighted by Crippen LogP contribution is -2.56. The minimum Gasteiger partial charge on any atom is -0.391 e. The standard InChI is InChI=1S/C28H28Cl2F2N3O2/c29-23-5-4-6-24(30)28(23)34-18-19(7-10-26(34)36)27(22-9-8-20(31)17-25(22)32)33-37-21-11-15-35(16-12-21)13-2-1-3-14-35/h4-10,17-18,21H,1-3,11-16H2/q+1/b33-27+. The van der Waals surface area contributed by atoms with E-state index >= 15 is 0 Å². The molecule has 194 valence electrons. The van der Waals surface area contributed by atoms with E-state index < -0.39 is 11.6 Å². The number of oxime groups is 1. The predicted molar refractivity (Wildman–Crippen MR) is 142 cm³/mol. The zero-order valence-electron chi connectivity index (χ0n) is 20.3. The largest absolute Gasteiger partial charge is 0.391 e. The topological polar surface area (TPSA) is 43.6 Å². The summed E-state index contributed by atoms with van der Waals surface area (Å²) in [6.07, 6.45) is 6.95. The van der Waals surface area contributed by atoms with Gasteiger partial charge >= 0.3 is 0 Å². The zero-order chi connectivity index (χ0) is 26.0. The SMILES string of the molecule is O=c1ccc(/C(=N\OC2CC[N+]3(CCCCC3)CC2)c2ccc(F)cc2F)cn1-c1c(Cl)cccc1Cl. The van der Waals surface area contributed by atoms with Crippen molar-refractivity contribution in [3.05, 3.63) is 97.9 Å². The molecule has 0 saturated carbocycles. The van der Waals surface area contributed by atoms with Crippen LogP contribution in [-0.4, -0.2) is 47.0 Å². The molecule has 2 fully saturated rings. The van der Waals surface area contributed by atoms with E-state index in [2.05, 4.69) is 5.16 Å². The van der Waals surface area contributed by atoms with Crippen LogP contribution in [0.15, 0.2) is 64.7 Å². The second kappa shape index (κ2) is 10.9. The van der Waals surface area contributed by atoms with Crippen LogP contribution in [0.5, 0.6) is 0 Å². The van der Waals surface area contributed by atoms with E-state index in [1.165, 1.54) is 67.4 Å². The lowest BCUT2D eigenvalue weighted by molar-refractivity contribution is -0.937. The molecule has 0 bridgehead atoms. The maximum atomic E-state index is 14.9. The second-order valence-corrected chi connectivity index (χ2v) is 10.7.